The first-order valence-corrected chi connectivity index (χ1v) is 11.6. The summed E-state index contributed by atoms with van der Waals surface area (Å²) >= 11 is 0.849. The summed E-state index contributed by atoms with van der Waals surface area (Å²) < 4.78 is 34.6. The second-order valence-corrected chi connectivity index (χ2v) is 9.27. The second kappa shape index (κ2) is 9.83. The van der Waals surface area contributed by atoms with Gasteiger partial charge in [-0.25, -0.2) is 8.78 Å². The van der Waals surface area contributed by atoms with Crippen LogP contribution in [-0.4, -0.2) is 35.0 Å². The van der Waals surface area contributed by atoms with E-state index in [1.54, 1.807) is 18.2 Å². The Morgan fingerprint density at radius 2 is 1.89 bits per heavy atom. The number of amides is 2. The number of anilines is 1. The van der Waals surface area contributed by atoms with Gasteiger partial charge in [-0.2, -0.15) is 5.26 Å². The highest BCUT2D eigenvalue weighted by molar-refractivity contribution is 8.04. The van der Waals surface area contributed by atoms with Crippen LogP contribution in [0, 0.1) is 29.9 Å². The van der Waals surface area contributed by atoms with Crippen LogP contribution in [0.3, 0.4) is 0 Å². The van der Waals surface area contributed by atoms with Crippen molar-refractivity contribution in [3.63, 3.8) is 0 Å². The van der Waals surface area contributed by atoms with E-state index in [4.69, 9.17) is 5.73 Å². The van der Waals surface area contributed by atoms with E-state index in [9.17, 15) is 28.4 Å². The average Bonchev–Trinajstić information content (AvgIpc) is 3.14. The molecule has 2 aromatic rings. The molecular weight excluding hydrogens is 490 g/mol. The number of thioether (sulfide) groups is 1. The molecule has 184 valence electrons. The normalized spacial score (nSPS) is 19.2. The molecule has 8 nitrogen and oxygen atoms in total. The molecular formula is C25H20F2N4O4S. The summed E-state index contributed by atoms with van der Waals surface area (Å²) in [6.45, 7) is 1.82. The average molecular weight is 511 g/mol. The predicted octanol–water partition coefficient (Wildman–Crippen LogP) is 3.42. The van der Waals surface area contributed by atoms with Gasteiger partial charge in [0.2, 0.25) is 5.91 Å². The molecule has 36 heavy (non-hydrogen) atoms. The van der Waals surface area contributed by atoms with E-state index >= 15 is 0 Å². The number of ether oxygens (including phenoxy) is 1. The van der Waals surface area contributed by atoms with Gasteiger partial charge in [-0.05, 0) is 36.8 Å². The van der Waals surface area contributed by atoms with Gasteiger partial charge in [0.25, 0.3) is 5.91 Å². The lowest BCUT2D eigenvalue weighted by atomic mass is 9.82. The number of carbonyl (C=O) groups excluding carboxylic acids is 3. The molecule has 0 aliphatic carbocycles. The smallest absolute Gasteiger partial charge is 0.307 e. The summed E-state index contributed by atoms with van der Waals surface area (Å²) in [5, 5.41) is 11.6. The zero-order valence-corrected chi connectivity index (χ0v) is 20.0. The first-order valence-electron chi connectivity index (χ1n) is 10.7. The van der Waals surface area contributed by atoms with Gasteiger partial charge >= 0.3 is 5.97 Å². The number of methoxy groups -OCH3 is 1. The first-order chi connectivity index (χ1) is 17.2. The van der Waals surface area contributed by atoms with Crippen molar-refractivity contribution in [3.05, 3.63) is 87.2 Å². The minimum absolute atomic E-state index is 0.0109. The molecule has 2 amide bonds. The molecule has 2 atom stereocenters. The van der Waals surface area contributed by atoms with Crippen LogP contribution in [0.25, 0.3) is 0 Å². The number of halogens is 2. The van der Waals surface area contributed by atoms with Gasteiger partial charge in [0, 0.05) is 11.3 Å². The third kappa shape index (κ3) is 4.31. The van der Waals surface area contributed by atoms with Gasteiger partial charge in [0.15, 0.2) is 0 Å². The Morgan fingerprint density at radius 1 is 1.22 bits per heavy atom. The Morgan fingerprint density at radius 3 is 2.50 bits per heavy atom. The zero-order valence-electron chi connectivity index (χ0n) is 19.2. The van der Waals surface area contributed by atoms with E-state index < -0.39 is 46.1 Å². The quantitative estimate of drug-likeness (QED) is 0.591. The maximum Gasteiger partial charge on any atom is 0.307 e. The molecule has 2 aliphatic heterocycles. The molecule has 0 bridgehead atoms. The van der Waals surface area contributed by atoms with Crippen molar-refractivity contribution in [1.29, 1.82) is 5.26 Å². The number of carbonyl (C=O) groups is 3. The number of rotatable bonds is 5. The predicted molar refractivity (Wildman–Crippen MR) is 128 cm³/mol. The van der Waals surface area contributed by atoms with Crippen molar-refractivity contribution >= 4 is 35.2 Å². The third-order valence-corrected chi connectivity index (χ3v) is 7.07. The fourth-order valence-corrected chi connectivity index (χ4v) is 5.47. The molecule has 2 heterocycles. The fraction of sp³-hybridized carbons (Fsp3) is 0.200. The summed E-state index contributed by atoms with van der Waals surface area (Å²) in [7, 11) is 1.17. The lowest BCUT2D eigenvalue weighted by Gasteiger charge is -2.32. The molecule has 0 unspecified atom stereocenters. The number of hydrogen-bond acceptors (Lipinski definition) is 7. The summed E-state index contributed by atoms with van der Waals surface area (Å²) in [4.78, 5) is 39.7. The molecule has 2 aromatic carbocycles. The lowest BCUT2D eigenvalue weighted by Crippen LogP contribution is -2.39. The maximum absolute atomic E-state index is 15.0. The van der Waals surface area contributed by atoms with Gasteiger partial charge in [-0.3, -0.25) is 19.3 Å². The Hall–Kier alpha value is -4.17. The SMILES string of the molecule is COC(=O)C[C@@H]1SC2=C(C(=O)Nc3cccc(C)c3)[C@@H](c3c(F)cccc3F)C(C#N)=C(N)N2C1=O. The standard InChI is InChI=1S/C25H20F2N4O4S/c1-12-5-3-6-13(9-12)30-23(33)21-19(20-15(26)7-4-8-16(20)27)14(11-28)22(29)31-24(34)17(36-25(21)31)10-18(32)35-2/h3-9,17,19H,10,29H2,1-2H3,(H,30,33)/t17-,19+/m0/s1. The van der Waals surface area contributed by atoms with Gasteiger partial charge in [0.1, 0.15) is 22.7 Å². The molecule has 0 radical (unpaired) electrons. The van der Waals surface area contributed by atoms with E-state index in [-0.39, 0.29) is 28.4 Å². The number of nitrogens with zero attached hydrogens (tertiary/aromatic N) is 2. The lowest BCUT2D eigenvalue weighted by molar-refractivity contribution is -0.142. The number of nitrogens with two attached hydrogens (primary N) is 1. The van der Waals surface area contributed by atoms with Crippen molar-refractivity contribution in [2.24, 2.45) is 5.73 Å². The highest BCUT2D eigenvalue weighted by Gasteiger charge is 2.49. The van der Waals surface area contributed by atoms with E-state index in [0.717, 1.165) is 40.4 Å². The molecule has 11 heteroatoms. The van der Waals surface area contributed by atoms with Gasteiger partial charge in [-0.1, -0.05) is 30.0 Å². The van der Waals surface area contributed by atoms with E-state index in [0.29, 0.717) is 5.69 Å². The summed E-state index contributed by atoms with van der Waals surface area (Å²) in [6, 6.07) is 11.8. The Kier molecular flexibility index (Phi) is 6.81. The molecule has 3 N–H and O–H groups in total. The number of esters is 1. The van der Waals surface area contributed by atoms with Crippen LogP contribution >= 0.6 is 11.8 Å². The van der Waals surface area contributed by atoms with Crippen LogP contribution in [0.5, 0.6) is 0 Å². The number of allylic oxidation sites excluding steroid dienone is 1. The van der Waals surface area contributed by atoms with E-state index in [1.807, 2.05) is 19.1 Å². The molecule has 4 rings (SSSR count). The minimum Gasteiger partial charge on any atom is -0.469 e. The van der Waals surface area contributed by atoms with Crippen molar-refractivity contribution in [2.75, 3.05) is 12.4 Å². The topological polar surface area (TPSA) is 126 Å². The molecule has 1 fully saturated rings. The summed E-state index contributed by atoms with van der Waals surface area (Å²) in [5.41, 5.74) is 6.26. The van der Waals surface area contributed by atoms with Crippen LogP contribution in [0.4, 0.5) is 14.5 Å². The fourth-order valence-electron chi connectivity index (χ4n) is 4.14. The Bertz CT molecular complexity index is 1380. The first kappa shape index (κ1) is 24.9. The van der Waals surface area contributed by atoms with Crippen LogP contribution in [0.1, 0.15) is 23.5 Å². The number of aryl methyl sites for hydroxylation is 1. The van der Waals surface area contributed by atoms with E-state index in [2.05, 4.69) is 10.1 Å². The highest BCUT2D eigenvalue weighted by atomic mass is 32.2. The summed E-state index contributed by atoms with van der Waals surface area (Å²) in [6.07, 6.45) is -0.333. The number of nitrogens with one attached hydrogen (secondary N) is 1. The minimum atomic E-state index is -1.54. The molecule has 0 spiro atoms. The summed E-state index contributed by atoms with van der Waals surface area (Å²) in [5.74, 6) is -5.99. The Balaban J connectivity index is 1.93. The molecule has 2 aliphatic rings. The number of nitriles is 1. The number of hydrogen-bond donors (Lipinski definition) is 2. The van der Waals surface area contributed by atoms with Crippen LogP contribution < -0.4 is 11.1 Å². The maximum atomic E-state index is 15.0. The highest BCUT2D eigenvalue weighted by Crippen LogP contribution is 2.50. The second-order valence-electron chi connectivity index (χ2n) is 8.08. The molecule has 0 aromatic heterocycles. The van der Waals surface area contributed by atoms with Crippen molar-refractivity contribution in [1.82, 2.24) is 4.90 Å². The largest absolute Gasteiger partial charge is 0.469 e. The number of fused-ring (bicyclic) bond motifs is 1. The van der Waals surface area contributed by atoms with Crippen LogP contribution in [-0.2, 0) is 19.1 Å². The van der Waals surface area contributed by atoms with Crippen molar-refractivity contribution in [2.45, 2.75) is 24.5 Å². The van der Waals surface area contributed by atoms with Gasteiger partial charge < -0.3 is 15.8 Å². The Labute approximate surface area is 209 Å². The van der Waals surface area contributed by atoms with Gasteiger partial charge in [0.05, 0.1) is 41.7 Å². The third-order valence-electron chi connectivity index (χ3n) is 5.79. The molecule has 0 saturated carbocycles. The number of benzene rings is 2. The molecule has 1 saturated heterocycles. The van der Waals surface area contributed by atoms with Crippen molar-refractivity contribution < 1.29 is 27.9 Å². The van der Waals surface area contributed by atoms with Crippen molar-refractivity contribution in [3.8, 4) is 6.07 Å². The van der Waals surface area contributed by atoms with Crippen LogP contribution in [0.2, 0.25) is 0 Å². The van der Waals surface area contributed by atoms with Crippen LogP contribution in [0.15, 0.2) is 64.5 Å². The monoisotopic (exact) mass is 510 g/mol. The van der Waals surface area contributed by atoms with Gasteiger partial charge in [-0.15, -0.1) is 0 Å². The van der Waals surface area contributed by atoms with E-state index in [1.165, 1.54) is 7.11 Å². The zero-order chi connectivity index (χ0) is 26.1.